The van der Waals surface area contributed by atoms with Gasteiger partial charge in [-0.05, 0) is 30.9 Å². The number of H-pyrrole nitrogens is 1. The van der Waals surface area contributed by atoms with Crippen LogP contribution in [0.3, 0.4) is 0 Å². The van der Waals surface area contributed by atoms with Crippen molar-refractivity contribution in [3.63, 3.8) is 0 Å². The molecular formula is C20H23NO6. The van der Waals surface area contributed by atoms with Crippen LogP contribution in [0.25, 0.3) is 10.9 Å². The second kappa shape index (κ2) is 7.42. The number of hydrogen-bond acceptors (Lipinski definition) is 6. The summed E-state index contributed by atoms with van der Waals surface area (Å²) < 4.78 is 14.9. The van der Waals surface area contributed by atoms with Gasteiger partial charge in [-0.25, -0.2) is 0 Å². The van der Waals surface area contributed by atoms with Gasteiger partial charge in [0.1, 0.15) is 0 Å². The first-order valence-electron chi connectivity index (χ1n) is 8.80. The molecule has 1 unspecified atom stereocenters. The average molecular weight is 373 g/mol. The number of aromatic nitrogens is 1. The molecular weight excluding hydrogens is 350 g/mol. The highest BCUT2D eigenvalue weighted by Crippen LogP contribution is 2.40. The minimum absolute atomic E-state index is 0.129. The lowest BCUT2D eigenvalue weighted by Crippen LogP contribution is -2.45. The summed E-state index contributed by atoms with van der Waals surface area (Å²) in [6, 6.07) is 7.69. The molecule has 0 spiro atoms. The van der Waals surface area contributed by atoms with Gasteiger partial charge < -0.3 is 19.2 Å². The molecule has 1 heterocycles. The molecule has 3 rings (SSSR count). The summed E-state index contributed by atoms with van der Waals surface area (Å²) in [5, 5.41) is 0.965. The molecule has 27 heavy (non-hydrogen) atoms. The van der Waals surface area contributed by atoms with Gasteiger partial charge in [-0.3, -0.25) is 14.4 Å². The van der Waals surface area contributed by atoms with Crippen LogP contribution >= 0.6 is 0 Å². The maximum absolute atomic E-state index is 12.7. The Morgan fingerprint density at radius 1 is 1.04 bits per heavy atom. The van der Waals surface area contributed by atoms with Crippen molar-refractivity contribution in [1.29, 1.82) is 0 Å². The summed E-state index contributed by atoms with van der Waals surface area (Å²) in [5.41, 5.74) is 1.03. The zero-order chi connectivity index (χ0) is 19.6. The van der Waals surface area contributed by atoms with E-state index in [-0.39, 0.29) is 18.8 Å². The summed E-state index contributed by atoms with van der Waals surface area (Å²) in [6.07, 6.45) is 1.06. The third-order valence-corrected chi connectivity index (χ3v) is 5.44. The molecule has 0 fully saturated rings. The second-order valence-electron chi connectivity index (χ2n) is 6.83. The van der Waals surface area contributed by atoms with Crippen molar-refractivity contribution < 1.29 is 28.6 Å². The van der Waals surface area contributed by atoms with E-state index in [1.54, 1.807) is 0 Å². The first kappa shape index (κ1) is 18.9. The monoisotopic (exact) mass is 373 g/mol. The van der Waals surface area contributed by atoms with Gasteiger partial charge in [0.25, 0.3) is 0 Å². The van der Waals surface area contributed by atoms with Gasteiger partial charge in [0, 0.05) is 23.0 Å². The molecule has 7 heteroatoms. The van der Waals surface area contributed by atoms with Gasteiger partial charge in [-0.2, -0.15) is 0 Å². The van der Waals surface area contributed by atoms with Gasteiger partial charge in [0.15, 0.2) is 5.41 Å². The molecule has 144 valence electrons. The summed E-state index contributed by atoms with van der Waals surface area (Å²) >= 11 is 0. The molecule has 1 aromatic heterocycles. The number of ether oxygens (including phenoxy) is 3. The molecule has 0 bridgehead atoms. The molecule has 1 aliphatic rings. The van der Waals surface area contributed by atoms with Gasteiger partial charge in [-0.1, -0.05) is 18.2 Å². The summed E-state index contributed by atoms with van der Waals surface area (Å²) in [4.78, 5) is 41.0. The topological polar surface area (TPSA) is 94.7 Å². The maximum Gasteiger partial charge on any atom is 0.323 e. The lowest BCUT2D eigenvalue weighted by molar-refractivity contribution is -0.171. The molecule has 0 saturated heterocycles. The number of carbonyl (C=O) groups is 3. The first-order chi connectivity index (χ1) is 13.0. The molecule has 7 nitrogen and oxygen atoms in total. The van der Waals surface area contributed by atoms with Crippen LogP contribution in [0.5, 0.6) is 0 Å². The number of rotatable bonds is 3. The Morgan fingerprint density at radius 2 is 1.70 bits per heavy atom. The van der Waals surface area contributed by atoms with E-state index in [2.05, 4.69) is 4.98 Å². The van der Waals surface area contributed by atoms with Crippen molar-refractivity contribution in [3.8, 4) is 0 Å². The lowest BCUT2D eigenvalue weighted by atomic mass is 9.73. The lowest BCUT2D eigenvalue weighted by Gasteiger charge is -2.31. The predicted molar refractivity (Wildman–Crippen MR) is 96.9 cm³/mol. The van der Waals surface area contributed by atoms with E-state index in [4.69, 9.17) is 14.2 Å². The number of esters is 3. The SMILES string of the molecule is COC(=O)C1CCC(C(=O)OC)(C(=O)OC)Cc2[nH]c3ccccc3c2C1. The highest BCUT2D eigenvalue weighted by Gasteiger charge is 2.50. The molecule has 0 aliphatic heterocycles. The van der Waals surface area contributed by atoms with Crippen LogP contribution < -0.4 is 0 Å². The number of aromatic amines is 1. The molecule has 1 aromatic carbocycles. The number of benzene rings is 1. The number of nitrogens with one attached hydrogen (secondary N) is 1. The van der Waals surface area contributed by atoms with Gasteiger partial charge in [0.2, 0.25) is 0 Å². The first-order valence-corrected chi connectivity index (χ1v) is 8.80. The van der Waals surface area contributed by atoms with Crippen LogP contribution in [0.1, 0.15) is 24.1 Å². The van der Waals surface area contributed by atoms with Crippen LogP contribution in [0.4, 0.5) is 0 Å². The predicted octanol–water partition coefficient (Wildman–Crippen LogP) is 2.17. The Morgan fingerprint density at radius 3 is 2.33 bits per heavy atom. The smallest absolute Gasteiger partial charge is 0.323 e. The Balaban J connectivity index is 2.20. The molecule has 0 saturated carbocycles. The third-order valence-electron chi connectivity index (χ3n) is 5.44. The van der Waals surface area contributed by atoms with Crippen molar-refractivity contribution in [2.45, 2.75) is 25.7 Å². The minimum Gasteiger partial charge on any atom is -0.469 e. The largest absolute Gasteiger partial charge is 0.469 e. The number of fused-ring (bicyclic) bond motifs is 3. The highest BCUT2D eigenvalue weighted by atomic mass is 16.5. The van der Waals surface area contributed by atoms with Crippen LogP contribution in [-0.4, -0.2) is 44.2 Å². The Hall–Kier alpha value is -2.83. The van der Waals surface area contributed by atoms with Crippen molar-refractivity contribution >= 4 is 28.8 Å². The Kier molecular flexibility index (Phi) is 5.21. The van der Waals surface area contributed by atoms with E-state index in [1.165, 1.54) is 21.3 Å². The summed E-state index contributed by atoms with van der Waals surface area (Å²) in [6.45, 7) is 0. The normalized spacial score (nSPS) is 18.7. The fourth-order valence-corrected chi connectivity index (χ4v) is 3.99. The van der Waals surface area contributed by atoms with E-state index < -0.39 is 23.3 Å². The fourth-order valence-electron chi connectivity index (χ4n) is 3.99. The van der Waals surface area contributed by atoms with Crippen molar-refractivity contribution in [2.24, 2.45) is 11.3 Å². The number of hydrogen-bond donors (Lipinski definition) is 1. The number of para-hydroxylation sites is 1. The average Bonchev–Trinajstić information content (AvgIpc) is 3.02. The van der Waals surface area contributed by atoms with E-state index in [0.29, 0.717) is 12.8 Å². The maximum atomic E-state index is 12.7. The van der Waals surface area contributed by atoms with Gasteiger partial charge in [-0.15, -0.1) is 0 Å². The zero-order valence-corrected chi connectivity index (χ0v) is 15.7. The third kappa shape index (κ3) is 3.18. The van der Waals surface area contributed by atoms with Crippen LogP contribution in [-0.2, 0) is 41.4 Å². The van der Waals surface area contributed by atoms with E-state index in [1.807, 2.05) is 24.3 Å². The van der Waals surface area contributed by atoms with Gasteiger partial charge in [0.05, 0.1) is 27.2 Å². The zero-order valence-electron chi connectivity index (χ0n) is 15.7. The molecule has 0 amide bonds. The van der Waals surface area contributed by atoms with E-state index in [0.717, 1.165) is 22.2 Å². The molecule has 1 aliphatic carbocycles. The number of methoxy groups -OCH3 is 3. The standard InChI is InChI=1S/C20H23NO6/c1-25-17(22)12-8-9-20(18(23)26-2,19(24)27-3)11-16-14(10-12)13-6-4-5-7-15(13)21-16/h4-7,12,21H,8-11H2,1-3H3. The molecule has 2 aromatic rings. The Labute approximate surface area is 157 Å². The van der Waals surface area contributed by atoms with Crippen LogP contribution in [0.2, 0.25) is 0 Å². The van der Waals surface area contributed by atoms with E-state index >= 15 is 0 Å². The summed E-state index contributed by atoms with van der Waals surface area (Å²) in [7, 11) is 3.83. The molecule has 1 atom stereocenters. The van der Waals surface area contributed by atoms with Crippen molar-refractivity contribution in [2.75, 3.05) is 21.3 Å². The molecule has 0 radical (unpaired) electrons. The van der Waals surface area contributed by atoms with E-state index in [9.17, 15) is 14.4 Å². The quantitative estimate of drug-likeness (QED) is 0.503. The fraction of sp³-hybridized carbons (Fsp3) is 0.450. The van der Waals surface area contributed by atoms with Crippen molar-refractivity contribution in [3.05, 3.63) is 35.5 Å². The highest BCUT2D eigenvalue weighted by molar-refractivity contribution is 6.00. The Bertz CT molecular complexity index is 868. The summed E-state index contributed by atoms with van der Waals surface area (Å²) in [5.74, 6) is -2.16. The molecule has 1 N–H and O–H groups in total. The number of carbonyl (C=O) groups excluding carboxylic acids is 3. The van der Waals surface area contributed by atoms with Gasteiger partial charge >= 0.3 is 17.9 Å². The van der Waals surface area contributed by atoms with Crippen molar-refractivity contribution in [1.82, 2.24) is 4.98 Å². The second-order valence-corrected chi connectivity index (χ2v) is 6.83. The minimum atomic E-state index is -1.51. The van der Waals surface area contributed by atoms with Crippen LogP contribution in [0, 0.1) is 11.3 Å². The van der Waals surface area contributed by atoms with Crippen LogP contribution in [0.15, 0.2) is 24.3 Å².